The number of hydrogen-bond acceptors (Lipinski definition) is 5. The van der Waals surface area contributed by atoms with Crippen molar-refractivity contribution >= 4 is 17.3 Å². The van der Waals surface area contributed by atoms with Crippen LogP contribution in [0.3, 0.4) is 0 Å². The van der Waals surface area contributed by atoms with Crippen molar-refractivity contribution in [2.75, 3.05) is 26.2 Å². The van der Waals surface area contributed by atoms with E-state index in [4.69, 9.17) is 4.99 Å². The highest BCUT2D eigenvalue weighted by molar-refractivity contribution is 7.10. The molecule has 0 spiro atoms. The summed E-state index contributed by atoms with van der Waals surface area (Å²) in [7, 11) is 0. The van der Waals surface area contributed by atoms with Gasteiger partial charge in [-0.05, 0) is 57.1 Å². The smallest absolute Gasteiger partial charge is 0.191 e. The van der Waals surface area contributed by atoms with Crippen LogP contribution in [0.5, 0.6) is 0 Å². The van der Waals surface area contributed by atoms with Crippen LogP contribution in [0, 0.1) is 0 Å². The van der Waals surface area contributed by atoms with Gasteiger partial charge < -0.3 is 15.2 Å². The fraction of sp³-hybridized carbons (Fsp3) is 0.667. The lowest BCUT2D eigenvalue weighted by atomic mass is 10.2. The molecular weight excluding hydrogens is 382 g/mol. The summed E-state index contributed by atoms with van der Waals surface area (Å²) in [6.07, 6.45) is 7.33. The minimum absolute atomic E-state index is 0.408. The van der Waals surface area contributed by atoms with Crippen molar-refractivity contribution in [1.82, 2.24) is 30.3 Å². The average molecular weight is 416 g/mol. The number of fused-ring (bicyclic) bond motifs is 1. The number of likely N-dealkylation sites (tertiary alicyclic amines) is 1. The summed E-state index contributed by atoms with van der Waals surface area (Å²) in [6.45, 7) is 7.77. The fourth-order valence-electron chi connectivity index (χ4n) is 4.29. The van der Waals surface area contributed by atoms with Crippen molar-refractivity contribution in [1.29, 1.82) is 0 Å². The van der Waals surface area contributed by atoms with Crippen molar-refractivity contribution in [3.63, 3.8) is 0 Å². The molecule has 4 rings (SSSR count). The zero-order valence-corrected chi connectivity index (χ0v) is 18.3. The Morgan fingerprint density at radius 2 is 2.00 bits per heavy atom. The molecule has 8 heteroatoms. The Bertz CT molecular complexity index is 777. The van der Waals surface area contributed by atoms with Crippen LogP contribution >= 0.6 is 11.3 Å². The van der Waals surface area contributed by atoms with Crippen molar-refractivity contribution in [3.8, 4) is 0 Å². The molecule has 158 valence electrons. The molecule has 0 saturated carbocycles. The van der Waals surface area contributed by atoms with E-state index in [0.717, 1.165) is 43.7 Å². The predicted octanol–water partition coefficient (Wildman–Crippen LogP) is 2.96. The Kier molecular flexibility index (Phi) is 7.16. The van der Waals surface area contributed by atoms with E-state index in [1.165, 1.54) is 50.1 Å². The summed E-state index contributed by atoms with van der Waals surface area (Å²) in [5.41, 5.74) is 0. The molecule has 1 saturated heterocycles. The van der Waals surface area contributed by atoms with Gasteiger partial charge in [-0.1, -0.05) is 12.5 Å². The molecule has 2 aliphatic heterocycles. The molecule has 1 unspecified atom stereocenters. The number of aryl methyl sites for hydroxylation is 1. The Morgan fingerprint density at radius 3 is 2.79 bits per heavy atom. The third-order valence-corrected chi connectivity index (χ3v) is 6.80. The van der Waals surface area contributed by atoms with Crippen LogP contribution in [0.2, 0.25) is 0 Å². The van der Waals surface area contributed by atoms with E-state index in [1.54, 1.807) is 0 Å². The molecule has 0 aromatic carbocycles. The number of aromatic nitrogens is 3. The molecule has 4 heterocycles. The number of thiophene rings is 1. The van der Waals surface area contributed by atoms with E-state index in [2.05, 4.69) is 54.7 Å². The minimum atomic E-state index is 0.408. The second kappa shape index (κ2) is 10.2. The Morgan fingerprint density at radius 1 is 1.14 bits per heavy atom. The van der Waals surface area contributed by atoms with E-state index >= 15 is 0 Å². The van der Waals surface area contributed by atoms with Gasteiger partial charge in [-0.3, -0.25) is 4.90 Å². The van der Waals surface area contributed by atoms with Gasteiger partial charge in [-0.2, -0.15) is 0 Å². The SMILES string of the molecule is CCNC(=NCc1nnc2n1CCCCC2)NCC(c1cccs1)N1CCCC1. The van der Waals surface area contributed by atoms with Crippen LogP contribution in [0.4, 0.5) is 0 Å². The Hall–Kier alpha value is -1.93. The second-order valence-electron chi connectivity index (χ2n) is 7.85. The molecule has 0 radical (unpaired) electrons. The van der Waals surface area contributed by atoms with Crippen LogP contribution in [-0.4, -0.2) is 51.8 Å². The topological polar surface area (TPSA) is 70.4 Å². The molecule has 29 heavy (non-hydrogen) atoms. The average Bonchev–Trinajstić information content (AvgIpc) is 3.48. The summed E-state index contributed by atoms with van der Waals surface area (Å²) in [5.74, 6) is 2.96. The molecule has 0 amide bonds. The van der Waals surface area contributed by atoms with Crippen molar-refractivity contribution in [3.05, 3.63) is 34.0 Å². The summed E-state index contributed by atoms with van der Waals surface area (Å²) in [5, 5.41) is 18.0. The van der Waals surface area contributed by atoms with Gasteiger partial charge in [0.05, 0.1) is 6.04 Å². The van der Waals surface area contributed by atoms with Crippen molar-refractivity contribution < 1.29 is 0 Å². The standard InChI is InChI=1S/C21H33N7S/c1-2-22-21(24-16-20-26-25-19-10-4-3-5-13-28(19)20)23-15-17(18-9-8-14-29-18)27-11-6-7-12-27/h8-9,14,17H,2-7,10-13,15-16H2,1H3,(H2,22,23,24). The lowest BCUT2D eigenvalue weighted by Crippen LogP contribution is -2.42. The van der Waals surface area contributed by atoms with E-state index in [-0.39, 0.29) is 0 Å². The van der Waals surface area contributed by atoms with E-state index in [9.17, 15) is 0 Å². The van der Waals surface area contributed by atoms with Crippen LogP contribution in [0.15, 0.2) is 22.5 Å². The van der Waals surface area contributed by atoms with Gasteiger partial charge >= 0.3 is 0 Å². The van der Waals surface area contributed by atoms with E-state index < -0.39 is 0 Å². The first kappa shape index (κ1) is 20.3. The largest absolute Gasteiger partial charge is 0.357 e. The highest BCUT2D eigenvalue weighted by Crippen LogP contribution is 2.27. The third-order valence-electron chi connectivity index (χ3n) is 5.82. The number of guanidine groups is 1. The number of nitrogens with zero attached hydrogens (tertiary/aromatic N) is 5. The maximum Gasteiger partial charge on any atom is 0.191 e. The highest BCUT2D eigenvalue weighted by Gasteiger charge is 2.24. The molecule has 1 atom stereocenters. The van der Waals surface area contributed by atoms with E-state index in [0.29, 0.717) is 12.6 Å². The van der Waals surface area contributed by atoms with Crippen LogP contribution in [0.25, 0.3) is 0 Å². The van der Waals surface area contributed by atoms with Crippen molar-refractivity contribution in [2.45, 2.75) is 64.6 Å². The number of rotatable bonds is 7. The van der Waals surface area contributed by atoms with Gasteiger partial charge in [0, 0.05) is 30.9 Å². The monoisotopic (exact) mass is 415 g/mol. The second-order valence-corrected chi connectivity index (χ2v) is 8.82. The summed E-state index contributed by atoms with van der Waals surface area (Å²) in [6, 6.07) is 4.82. The van der Waals surface area contributed by atoms with E-state index in [1.807, 2.05) is 11.3 Å². The molecule has 0 bridgehead atoms. The quantitative estimate of drug-likeness (QED) is 0.537. The highest BCUT2D eigenvalue weighted by atomic mass is 32.1. The zero-order valence-electron chi connectivity index (χ0n) is 17.4. The van der Waals surface area contributed by atoms with Gasteiger partial charge in [-0.15, -0.1) is 21.5 Å². The Balaban J connectivity index is 1.42. The first-order valence-corrected chi connectivity index (χ1v) is 11.9. The van der Waals surface area contributed by atoms with Crippen LogP contribution < -0.4 is 10.6 Å². The molecule has 2 aromatic rings. The van der Waals surface area contributed by atoms with Crippen molar-refractivity contribution in [2.24, 2.45) is 4.99 Å². The van der Waals surface area contributed by atoms with Crippen LogP contribution in [0.1, 0.15) is 61.6 Å². The van der Waals surface area contributed by atoms with Gasteiger partial charge in [0.2, 0.25) is 0 Å². The fourth-order valence-corrected chi connectivity index (χ4v) is 5.15. The van der Waals surface area contributed by atoms with Crippen LogP contribution in [-0.2, 0) is 19.5 Å². The summed E-state index contributed by atoms with van der Waals surface area (Å²) < 4.78 is 2.28. The minimum Gasteiger partial charge on any atom is -0.357 e. The number of aliphatic imine (C=N–C) groups is 1. The normalized spacial score (nSPS) is 19.0. The summed E-state index contributed by atoms with van der Waals surface area (Å²) in [4.78, 5) is 8.86. The molecule has 7 nitrogen and oxygen atoms in total. The van der Waals surface area contributed by atoms with Gasteiger partial charge in [-0.25, -0.2) is 4.99 Å². The Labute approximate surface area is 177 Å². The maximum absolute atomic E-state index is 4.83. The predicted molar refractivity (Wildman–Crippen MR) is 118 cm³/mol. The first-order chi connectivity index (χ1) is 14.3. The zero-order chi connectivity index (χ0) is 19.9. The van der Waals surface area contributed by atoms with Gasteiger partial charge in [0.25, 0.3) is 0 Å². The molecule has 2 aromatic heterocycles. The molecule has 2 N–H and O–H groups in total. The lowest BCUT2D eigenvalue weighted by Gasteiger charge is -2.27. The third kappa shape index (κ3) is 5.17. The number of hydrogen-bond donors (Lipinski definition) is 2. The molecule has 2 aliphatic rings. The molecule has 0 aliphatic carbocycles. The molecular formula is C21H33N7S. The number of nitrogens with one attached hydrogen (secondary N) is 2. The first-order valence-electron chi connectivity index (χ1n) is 11.1. The van der Waals surface area contributed by atoms with Gasteiger partial charge in [0.1, 0.15) is 12.4 Å². The lowest BCUT2D eigenvalue weighted by molar-refractivity contribution is 0.249. The molecule has 1 fully saturated rings. The summed E-state index contributed by atoms with van der Waals surface area (Å²) >= 11 is 1.85. The maximum atomic E-state index is 4.83. The van der Waals surface area contributed by atoms with Gasteiger partial charge in [0.15, 0.2) is 11.8 Å².